The van der Waals surface area contributed by atoms with Crippen molar-refractivity contribution in [2.45, 2.75) is 32.6 Å². The first kappa shape index (κ1) is 15.0. The molecular weight excluding hydrogens is 272 g/mol. The third-order valence-electron chi connectivity index (χ3n) is 2.76. The number of hydrogen-bond acceptors (Lipinski definition) is 5. The Morgan fingerprint density at radius 1 is 1.30 bits per heavy atom. The van der Waals surface area contributed by atoms with Crippen molar-refractivity contribution in [2.24, 2.45) is 0 Å². The van der Waals surface area contributed by atoms with Crippen molar-refractivity contribution in [3.05, 3.63) is 46.4 Å². The maximum absolute atomic E-state index is 10.1. The Labute approximate surface area is 123 Å². The van der Waals surface area contributed by atoms with Gasteiger partial charge in [-0.05, 0) is 31.5 Å². The minimum absolute atomic E-state index is 0.159. The van der Waals surface area contributed by atoms with Gasteiger partial charge in [-0.15, -0.1) is 11.3 Å². The number of thiazole rings is 1. The van der Waals surface area contributed by atoms with E-state index in [2.05, 4.69) is 10.3 Å². The van der Waals surface area contributed by atoms with Crippen LogP contribution in [0.3, 0.4) is 0 Å². The Hall–Kier alpha value is -1.43. The minimum atomic E-state index is -0.518. The van der Waals surface area contributed by atoms with E-state index in [9.17, 15) is 5.11 Å². The lowest BCUT2D eigenvalue weighted by atomic mass is 10.1. The highest BCUT2D eigenvalue weighted by Crippen LogP contribution is 2.18. The average molecular weight is 292 g/mol. The number of nitrogens with one attached hydrogen (secondary N) is 1. The molecule has 108 valence electrons. The Bertz CT molecular complexity index is 497. The highest BCUT2D eigenvalue weighted by atomic mass is 32.1. The van der Waals surface area contributed by atoms with Crippen LogP contribution in [0.2, 0.25) is 0 Å². The molecule has 0 saturated carbocycles. The quantitative estimate of drug-likeness (QED) is 0.824. The fraction of sp³-hybridized carbons (Fsp3) is 0.400. The normalized spacial score (nSPS) is 12.6. The van der Waals surface area contributed by atoms with E-state index in [1.165, 1.54) is 0 Å². The van der Waals surface area contributed by atoms with Gasteiger partial charge in [0.1, 0.15) is 5.75 Å². The van der Waals surface area contributed by atoms with Crippen LogP contribution < -0.4 is 10.1 Å². The molecule has 5 heteroatoms. The molecule has 0 aliphatic carbocycles. The van der Waals surface area contributed by atoms with Crippen molar-refractivity contribution in [1.29, 1.82) is 0 Å². The van der Waals surface area contributed by atoms with Gasteiger partial charge in [0.2, 0.25) is 0 Å². The van der Waals surface area contributed by atoms with E-state index in [4.69, 9.17) is 4.74 Å². The lowest BCUT2D eigenvalue weighted by molar-refractivity contribution is 0.174. The molecule has 0 aliphatic heterocycles. The summed E-state index contributed by atoms with van der Waals surface area (Å²) in [6.07, 6.45) is 1.48. The molecule has 0 bridgehead atoms. The number of rotatable bonds is 7. The summed E-state index contributed by atoms with van der Waals surface area (Å²) in [5, 5.41) is 13.3. The molecule has 0 amide bonds. The topological polar surface area (TPSA) is 54.4 Å². The number of ether oxygens (including phenoxy) is 1. The van der Waals surface area contributed by atoms with Gasteiger partial charge in [-0.25, -0.2) is 0 Å². The number of aromatic nitrogens is 1. The van der Waals surface area contributed by atoms with Crippen molar-refractivity contribution in [2.75, 3.05) is 6.54 Å². The van der Waals surface area contributed by atoms with Crippen LogP contribution in [-0.4, -0.2) is 22.7 Å². The number of benzene rings is 1. The number of aliphatic hydroxyl groups excluding tert-OH is 1. The molecule has 2 N–H and O–H groups in total. The maximum atomic E-state index is 10.1. The molecule has 0 aliphatic rings. The van der Waals surface area contributed by atoms with E-state index < -0.39 is 6.10 Å². The Morgan fingerprint density at radius 2 is 2.05 bits per heavy atom. The van der Waals surface area contributed by atoms with Crippen LogP contribution in [0.15, 0.2) is 36.0 Å². The van der Waals surface area contributed by atoms with Gasteiger partial charge in [-0.3, -0.25) is 4.98 Å². The fourth-order valence-corrected chi connectivity index (χ4v) is 2.38. The monoisotopic (exact) mass is 292 g/mol. The molecule has 1 heterocycles. The van der Waals surface area contributed by atoms with Crippen LogP contribution >= 0.6 is 11.3 Å². The average Bonchev–Trinajstić information content (AvgIpc) is 2.92. The van der Waals surface area contributed by atoms with Crippen LogP contribution in [0.25, 0.3) is 0 Å². The van der Waals surface area contributed by atoms with Gasteiger partial charge in [0.25, 0.3) is 0 Å². The molecule has 20 heavy (non-hydrogen) atoms. The fourth-order valence-electron chi connectivity index (χ4n) is 1.82. The van der Waals surface area contributed by atoms with Crippen molar-refractivity contribution in [3.63, 3.8) is 0 Å². The summed E-state index contributed by atoms with van der Waals surface area (Å²) in [6.45, 7) is 5.23. The second kappa shape index (κ2) is 7.38. The van der Waals surface area contributed by atoms with Crippen molar-refractivity contribution < 1.29 is 9.84 Å². The maximum Gasteiger partial charge on any atom is 0.119 e. The van der Waals surface area contributed by atoms with Gasteiger partial charge in [0.05, 0.1) is 17.7 Å². The zero-order chi connectivity index (χ0) is 14.4. The SMILES string of the molecule is CC(C)Oc1ccc(C(O)CNCc2cncs2)cc1. The van der Waals surface area contributed by atoms with E-state index in [1.807, 2.05) is 44.3 Å². The first-order chi connectivity index (χ1) is 9.65. The molecule has 0 fully saturated rings. The van der Waals surface area contributed by atoms with E-state index >= 15 is 0 Å². The highest BCUT2D eigenvalue weighted by molar-refractivity contribution is 7.09. The highest BCUT2D eigenvalue weighted by Gasteiger charge is 2.08. The molecule has 0 spiro atoms. The summed E-state index contributed by atoms with van der Waals surface area (Å²) in [4.78, 5) is 5.18. The first-order valence-corrected chi connectivity index (χ1v) is 7.56. The molecule has 1 atom stereocenters. The molecule has 4 nitrogen and oxygen atoms in total. The van der Waals surface area contributed by atoms with Gasteiger partial charge in [-0.2, -0.15) is 0 Å². The largest absolute Gasteiger partial charge is 0.491 e. The molecule has 0 radical (unpaired) electrons. The van der Waals surface area contributed by atoms with Crippen molar-refractivity contribution >= 4 is 11.3 Å². The summed E-state index contributed by atoms with van der Waals surface area (Å²) in [5.74, 6) is 0.827. The van der Waals surface area contributed by atoms with Gasteiger partial charge >= 0.3 is 0 Å². The second-order valence-electron chi connectivity index (χ2n) is 4.85. The van der Waals surface area contributed by atoms with E-state index in [-0.39, 0.29) is 6.10 Å². The van der Waals surface area contributed by atoms with E-state index in [1.54, 1.807) is 16.8 Å². The summed E-state index contributed by atoms with van der Waals surface area (Å²) < 4.78 is 5.58. The molecular formula is C15H20N2O2S. The molecule has 1 unspecified atom stereocenters. The van der Waals surface area contributed by atoms with E-state index in [0.29, 0.717) is 6.54 Å². The minimum Gasteiger partial charge on any atom is -0.491 e. The van der Waals surface area contributed by atoms with Crippen molar-refractivity contribution in [3.8, 4) is 5.75 Å². The number of nitrogens with zero attached hydrogens (tertiary/aromatic N) is 1. The Morgan fingerprint density at radius 3 is 2.65 bits per heavy atom. The molecule has 2 aromatic rings. The standard InChI is InChI=1S/C15H20N2O2S/c1-11(2)19-13-5-3-12(4-6-13)15(18)9-16-7-14-8-17-10-20-14/h3-6,8,10-11,15-16,18H,7,9H2,1-2H3. The van der Waals surface area contributed by atoms with Crippen LogP contribution in [0.4, 0.5) is 0 Å². The zero-order valence-electron chi connectivity index (χ0n) is 11.7. The molecule has 2 rings (SSSR count). The third kappa shape index (κ3) is 4.59. The lowest BCUT2D eigenvalue weighted by Crippen LogP contribution is -2.20. The van der Waals surface area contributed by atoms with Gasteiger partial charge in [0.15, 0.2) is 0 Å². The molecule has 1 aromatic carbocycles. The summed E-state index contributed by atoms with van der Waals surface area (Å²) >= 11 is 1.61. The summed E-state index contributed by atoms with van der Waals surface area (Å²) in [6, 6.07) is 7.58. The van der Waals surface area contributed by atoms with Crippen LogP contribution in [0, 0.1) is 0 Å². The van der Waals surface area contributed by atoms with Gasteiger partial charge in [0, 0.05) is 24.2 Å². The van der Waals surface area contributed by atoms with E-state index in [0.717, 1.165) is 22.7 Å². The molecule has 0 saturated heterocycles. The zero-order valence-corrected chi connectivity index (χ0v) is 12.6. The number of hydrogen-bond donors (Lipinski definition) is 2. The number of aliphatic hydroxyl groups is 1. The smallest absolute Gasteiger partial charge is 0.119 e. The van der Waals surface area contributed by atoms with Crippen LogP contribution in [-0.2, 0) is 6.54 Å². The predicted molar refractivity (Wildman–Crippen MR) is 81.0 cm³/mol. The lowest BCUT2D eigenvalue weighted by Gasteiger charge is -2.14. The summed E-state index contributed by atoms with van der Waals surface area (Å²) in [7, 11) is 0. The molecule has 1 aromatic heterocycles. The summed E-state index contributed by atoms with van der Waals surface area (Å²) in [5.41, 5.74) is 2.69. The van der Waals surface area contributed by atoms with Gasteiger partial charge < -0.3 is 15.2 Å². The second-order valence-corrected chi connectivity index (χ2v) is 5.82. The Balaban J connectivity index is 1.81. The first-order valence-electron chi connectivity index (χ1n) is 6.68. The van der Waals surface area contributed by atoms with Crippen LogP contribution in [0.1, 0.15) is 30.4 Å². The predicted octanol–water partition coefficient (Wildman–Crippen LogP) is 2.75. The van der Waals surface area contributed by atoms with Crippen LogP contribution in [0.5, 0.6) is 5.75 Å². The van der Waals surface area contributed by atoms with Crippen molar-refractivity contribution in [1.82, 2.24) is 10.3 Å². The van der Waals surface area contributed by atoms with Gasteiger partial charge in [-0.1, -0.05) is 12.1 Å². The third-order valence-corrected chi connectivity index (χ3v) is 3.54. The Kier molecular flexibility index (Phi) is 5.52.